The van der Waals surface area contributed by atoms with E-state index in [9.17, 15) is 4.79 Å². The first-order chi connectivity index (χ1) is 6.38. The number of hydrogen-bond donors (Lipinski definition) is 1. The first-order valence-corrected chi connectivity index (χ1v) is 5.48. The second kappa shape index (κ2) is 3.79. The molecule has 0 aromatic carbocycles. The van der Waals surface area contributed by atoms with Crippen LogP contribution < -0.4 is 5.73 Å². The Bertz CT molecular complexity index is 355. The first-order valence-electron chi connectivity index (χ1n) is 4.66. The summed E-state index contributed by atoms with van der Waals surface area (Å²) >= 11 is 1.41. The molecule has 0 bridgehead atoms. The highest BCUT2D eigenvalue weighted by atomic mass is 32.1. The fourth-order valence-electron chi connectivity index (χ4n) is 1.12. The Balaban J connectivity index is 3.15. The van der Waals surface area contributed by atoms with Crippen LogP contribution in [-0.4, -0.2) is 10.8 Å². The zero-order valence-corrected chi connectivity index (χ0v) is 9.86. The number of rotatable bonds is 3. The lowest BCUT2D eigenvalue weighted by Crippen LogP contribution is -2.31. The molecule has 0 saturated heterocycles. The molecule has 78 valence electrons. The average molecular weight is 212 g/mol. The van der Waals surface area contributed by atoms with Gasteiger partial charge in [0.25, 0.3) is 0 Å². The minimum Gasteiger partial charge on any atom is -0.320 e. The van der Waals surface area contributed by atoms with E-state index in [1.165, 1.54) is 11.3 Å². The van der Waals surface area contributed by atoms with Crippen molar-refractivity contribution in [2.75, 3.05) is 0 Å². The molecule has 0 aliphatic rings. The first kappa shape index (κ1) is 11.3. The number of hydrogen-bond acceptors (Lipinski definition) is 4. The molecule has 0 radical (unpaired) electrons. The highest BCUT2D eigenvalue weighted by Gasteiger charge is 2.24. The van der Waals surface area contributed by atoms with Gasteiger partial charge < -0.3 is 5.73 Å². The van der Waals surface area contributed by atoms with Gasteiger partial charge in [0.15, 0.2) is 5.78 Å². The van der Waals surface area contributed by atoms with E-state index in [2.05, 4.69) is 4.98 Å². The maximum absolute atomic E-state index is 11.2. The van der Waals surface area contributed by atoms with Crippen molar-refractivity contribution < 1.29 is 4.79 Å². The molecule has 0 fully saturated rings. The Morgan fingerprint density at radius 1 is 1.64 bits per heavy atom. The summed E-state index contributed by atoms with van der Waals surface area (Å²) in [5, 5.41) is 0.850. The van der Waals surface area contributed by atoms with Crippen LogP contribution >= 0.6 is 11.3 Å². The van der Waals surface area contributed by atoms with E-state index in [0.29, 0.717) is 0 Å². The molecule has 1 rings (SSSR count). The van der Waals surface area contributed by atoms with E-state index in [1.54, 1.807) is 6.92 Å². The summed E-state index contributed by atoms with van der Waals surface area (Å²) in [5.41, 5.74) is 6.44. The molecule has 1 aromatic heterocycles. The standard InChI is InChI=1S/C10H16N2OS/c1-5-10(4,11)9-12-6(2)8(14-9)7(3)13/h5,11H2,1-4H3. The number of Topliss-reactive ketones (excluding diaryl/α,β-unsaturated/α-hetero) is 1. The fraction of sp³-hybridized carbons (Fsp3) is 0.600. The molecule has 0 saturated carbocycles. The number of aryl methyl sites for hydroxylation is 1. The van der Waals surface area contributed by atoms with Gasteiger partial charge in [-0.2, -0.15) is 0 Å². The molecular weight excluding hydrogens is 196 g/mol. The van der Waals surface area contributed by atoms with Crippen LogP contribution in [-0.2, 0) is 5.54 Å². The highest BCUT2D eigenvalue weighted by Crippen LogP contribution is 2.28. The van der Waals surface area contributed by atoms with Crippen LogP contribution in [0.3, 0.4) is 0 Å². The smallest absolute Gasteiger partial charge is 0.171 e. The van der Waals surface area contributed by atoms with Crippen LogP contribution in [0.15, 0.2) is 0 Å². The van der Waals surface area contributed by atoms with E-state index in [1.807, 2.05) is 20.8 Å². The molecule has 0 aliphatic carbocycles. The van der Waals surface area contributed by atoms with Crippen LogP contribution in [0.5, 0.6) is 0 Å². The maximum atomic E-state index is 11.2. The van der Waals surface area contributed by atoms with E-state index >= 15 is 0 Å². The predicted molar refractivity (Wildman–Crippen MR) is 58.7 cm³/mol. The Hall–Kier alpha value is -0.740. The van der Waals surface area contributed by atoms with Gasteiger partial charge in [0.05, 0.1) is 16.1 Å². The third-order valence-electron chi connectivity index (χ3n) is 2.34. The number of nitrogens with zero attached hydrogens (tertiary/aromatic N) is 1. The highest BCUT2D eigenvalue weighted by molar-refractivity contribution is 7.14. The lowest BCUT2D eigenvalue weighted by molar-refractivity contribution is 0.102. The lowest BCUT2D eigenvalue weighted by Gasteiger charge is -2.18. The molecule has 14 heavy (non-hydrogen) atoms. The van der Waals surface area contributed by atoms with Crippen molar-refractivity contribution in [3.05, 3.63) is 15.6 Å². The molecule has 2 N–H and O–H groups in total. The quantitative estimate of drug-likeness (QED) is 0.782. The molecule has 0 amide bonds. The van der Waals surface area contributed by atoms with Crippen molar-refractivity contribution in [3.8, 4) is 0 Å². The van der Waals surface area contributed by atoms with Gasteiger partial charge in [0.1, 0.15) is 5.01 Å². The molecule has 3 nitrogen and oxygen atoms in total. The molecule has 0 spiro atoms. The summed E-state index contributed by atoms with van der Waals surface area (Å²) in [6.07, 6.45) is 0.817. The second-order valence-electron chi connectivity index (χ2n) is 3.76. The van der Waals surface area contributed by atoms with Crippen LogP contribution in [0.25, 0.3) is 0 Å². The third-order valence-corrected chi connectivity index (χ3v) is 3.88. The van der Waals surface area contributed by atoms with Crippen molar-refractivity contribution in [1.82, 2.24) is 4.98 Å². The lowest BCUT2D eigenvalue weighted by atomic mass is 10.0. The molecule has 1 unspecified atom stereocenters. The predicted octanol–water partition coefficient (Wildman–Crippen LogP) is 2.24. The van der Waals surface area contributed by atoms with Gasteiger partial charge in [-0.25, -0.2) is 4.98 Å². The Labute approximate surface area is 88.3 Å². The van der Waals surface area contributed by atoms with Crippen molar-refractivity contribution in [2.45, 2.75) is 39.7 Å². The van der Waals surface area contributed by atoms with Crippen molar-refractivity contribution in [1.29, 1.82) is 0 Å². The van der Waals surface area contributed by atoms with Crippen LogP contribution in [0.1, 0.15) is 47.6 Å². The molecule has 1 atom stereocenters. The number of nitrogens with two attached hydrogens (primary N) is 1. The molecular formula is C10H16N2OS. The van der Waals surface area contributed by atoms with Crippen LogP contribution in [0.4, 0.5) is 0 Å². The SMILES string of the molecule is CCC(C)(N)c1nc(C)c(C(C)=O)s1. The number of thiazole rings is 1. The third kappa shape index (κ3) is 2.01. The van der Waals surface area contributed by atoms with Gasteiger partial charge in [0.2, 0.25) is 0 Å². The Morgan fingerprint density at radius 2 is 2.21 bits per heavy atom. The van der Waals surface area contributed by atoms with Gasteiger partial charge in [-0.05, 0) is 20.3 Å². The monoisotopic (exact) mass is 212 g/mol. The fourth-order valence-corrected chi connectivity index (χ4v) is 2.21. The second-order valence-corrected chi connectivity index (χ2v) is 4.76. The summed E-state index contributed by atoms with van der Waals surface area (Å²) in [5.74, 6) is 0.0677. The van der Waals surface area contributed by atoms with Gasteiger partial charge >= 0.3 is 0 Å². The zero-order chi connectivity index (χ0) is 10.9. The molecule has 1 aromatic rings. The minimum absolute atomic E-state index is 0.0677. The van der Waals surface area contributed by atoms with Gasteiger partial charge in [-0.15, -0.1) is 11.3 Å². The summed E-state index contributed by atoms with van der Waals surface area (Å²) in [7, 11) is 0. The van der Waals surface area contributed by atoms with Crippen molar-refractivity contribution in [3.63, 3.8) is 0 Å². The summed E-state index contributed by atoms with van der Waals surface area (Å²) in [4.78, 5) is 16.3. The van der Waals surface area contributed by atoms with Crippen LogP contribution in [0, 0.1) is 6.92 Å². The Morgan fingerprint density at radius 3 is 2.57 bits per heavy atom. The number of carbonyl (C=O) groups is 1. The van der Waals surface area contributed by atoms with Crippen LogP contribution in [0.2, 0.25) is 0 Å². The van der Waals surface area contributed by atoms with E-state index < -0.39 is 5.54 Å². The van der Waals surface area contributed by atoms with Gasteiger partial charge in [-0.1, -0.05) is 6.92 Å². The normalized spacial score (nSPS) is 15.2. The van der Waals surface area contributed by atoms with Gasteiger partial charge in [-0.3, -0.25) is 4.79 Å². The summed E-state index contributed by atoms with van der Waals surface area (Å²) in [6.45, 7) is 7.37. The largest absolute Gasteiger partial charge is 0.320 e. The number of ketones is 1. The van der Waals surface area contributed by atoms with E-state index in [4.69, 9.17) is 5.73 Å². The van der Waals surface area contributed by atoms with E-state index in [0.717, 1.165) is 22.0 Å². The number of aromatic nitrogens is 1. The zero-order valence-electron chi connectivity index (χ0n) is 9.05. The summed E-state index contributed by atoms with van der Waals surface area (Å²) in [6, 6.07) is 0. The Kier molecular flexibility index (Phi) is 3.07. The van der Waals surface area contributed by atoms with Crippen molar-refractivity contribution in [2.24, 2.45) is 5.73 Å². The van der Waals surface area contributed by atoms with E-state index in [-0.39, 0.29) is 5.78 Å². The minimum atomic E-state index is -0.414. The topological polar surface area (TPSA) is 56.0 Å². The molecule has 1 heterocycles. The number of carbonyl (C=O) groups excluding carboxylic acids is 1. The summed E-state index contributed by atoms with van der Waals surface area (Å²) < 4.78 is 0. The molecule has 4 heteroatoms. The van der Waals surface area contributed by atoms with Crippen molar-refractivity contribution >= 4 is 17.1 Å². The maximum Gasteiger partial charge on any atom is 0.171 e. The average Bonchev–Trinajstić information content (AvgIpc) is 2.48. The van der Waals surface area contributed by atoms with Gasteiger partial charge in [0, 0.05) is 6.92 Å². The molecule has 0 aliphatic heterocycles.